The molecular formula is C19H34IN5O2S. The van der Waals surface area contributed by atoms with Crippen molar-refractivity contribution in [1.82, 2.24) is 20.9 Å². The monoisotopic (exact) mass is 523 g/mol. The van der Waals surface area contributed by atoms with Crippen LogP contribution in [0.2, 0.25) is 0 Å². The molecule has 1 unspecified atom stereocenters. The van der Waals surface area contributed by atoms with Crippen molar-refractivity contribution in [2.24, 2.45) is 4.99 Å². The lowest BCUT2D eigenvalue weighted by Crippen LogP contribution is -2.49. The van der Waals surface area contributed by atoms with E-state index < -0.39 is 0 Å². The first-order chi connectivity index (χ1) is 12.8. The molecule has 2 heterocycles. The molecule has 1 aromatic heterocycles. The van der Waals surface area contributed by atoms with Crippen LogP contribution in [0.1, 0.15) is 36.6 Å². The van der Waals surface area contributed by atoms with Crippen LogP contribution in [0.15, 0.2) is 17.1 Å². The van der Waals surface area contributed by atoms with Crippen LogP contribution >= 0.6 is 35.3 Å². The number of carbonyl (C=O) groups is 1. The lowest BCUT2D eigenvalue weighted by Gasteiger charge is -2.34. The average Bonchev–Trinajstić information content (AvgIpc) is 3.03. The van der Waals surface area contributed by atoms with Crippen molar-refractivity contribution in [3.63, 3.8) is 0 Å². The molecule has 3 N–H and O–H groups in total. The van der Waals surface area contributed by atoms with E-state index in [2.05, 4.69) is 44.9 Å². The minimum atomic E-state index is -0.242. The summed E-state index contributed by atoms with van der Waals surface area (Å²) in [6.07, 6.45) is 0. The Morgan fingerprint density at radius 2 is 1.96 bits per heavy atom. The molecule has 2 rings (SSSR count). The third-order valence-corrected chi connectivity index (χ3v) is 5.30. The van der Waals surface area contributed by atoms with Gasteiger partial charge in [0, 0.05) is 42.0 Å². The largest absolute Gasteiger partial charge is 0.379 e. The standard InChI is InChI=1S/C19H33N5O2S.HI/c1-14-6-7-16(27-14)15(24-8-10-26-11-9-24)12-21-18(20-5)22-13-17(25)23-19(2,3)4;/h6-7,15H,8-13H2,1-5H3,(H,23,25)(H2,20,21,22);1H. The third kappa shape index (κ3) is 8.62. The molecule has 1 amide bonds. The van der Waals surface area contributed by atoms with E-state index in [0.717, 1.165) is 32.8 Å². The van der Waals surface area contributed by atoms with Gasteiger partial charge in [0.1, 0.15) is 0 Å². The van der Waals surface area contributed by atoms with Gasteiger partial charge in [-0.15, -0.1) is 35.3 Å². The van der Waals surface area contributed by atoms with E-state index in [-0.39, 0.29) is 48.0 Å². The van der Waals surface area contributed by atoms with Crippen molar-refractivity contribution < 1.29 is 9.53 Å². The number of carbonyl (C=O) groups excluding carboxylic acids is 1. The molecular weight excluding hydrogens is 489 g/mol. The number of nitrogens with zero attached hydrogens (tertiary/aromatic N) is 2. The number of nitrogens with one attached hydrogen (secondary N) is 3. The summed E-state index contributed by atoms with van der Waals surface area (Å²) in [5.74, 6) is 0.578. The van der Waals surface area contributed by atoms with Crippen molar-refractivity contribution in [2.75, 3.05) is 46.4 Å². The van der Waals surface area contributed by atoms with Crippen molar-refractivity contribution in [2.45, 2.75) is 39.3 Å². The van der Waals surface area contributed by atoms with Crippen molar-refractivity contribution in [3.05, 3.63) is 21.9 Å². The van der Waals surface area contributed by atoms with Gasteiger partial charge in [0.15, 0.2) is 5.96 Å². The van der Waals surface area contributed by atoms with Gasteiger partial charge in [-0.1, -0.05) is 0 Å². The molecule has 0 aliphatic carbocycles. The zero-order chi connectivity index (χ0) is 19.9. The van der Waals surface area contributed by atoms with Gasteiger partial charge < -0.3 is 20.7 Å². The predicted molar refractivity (Wildman–Crippen MR) is 127 cm³/mol. The van der Waals surface area contributed by atoms with Crippen LogP contribution in [0.3, 0.4) is 0 Å². The molecule has 1 aliphatic heterocycles. The molecule has 1 saturated heterocycles. The fourth-order valence-corrected chi connectivity index (χ4v) is 3.98. The number of amides is 1. The maximum absolute atomic E-state index is 12.0. The molecule has 9 heteroatoms. The van der Waals surface area contributed by atoms with Gasteiger partial charge in [-0.2, -0.15) is 0 Å². The highest BCUT2D eigenvalue weighted by atomic mass is 127. The SMILES string of the molecule is CN=C(NCC(=O)NC(C)(C)C)NCC(c1ccc(C)s1)N1CCOCC1.I. The lowest BCUT2D eigenvalue weighted by atomic mass is 10.1. The normalized spacial score (nSPS) is 16.8. The maximum Gasteiger partial charge on any atom is 0.239 e. The van der Waals surface area contributed by atoms with Crippen molar-refractivity contribution >= 4 is 47.2 Å². The summed E-state index contributed by atoms with van der Waals surface area (Å²) in [5, 5.41) is 9.41. The quantitative estimate of drug-likeness (QED) is 0.303. The number of thiophene rings is 1. The van der Waals surface area contributed by atoms with Crippen LogP contribution in [0.5, 0.6) is 0 Å². The first kappa shape index (κ1) is 25.1. The Morgan fingerprint density at radius 1 is 1.29 bits per heavy atom. The van der Waals surface area contributed by atoms with Crippen LogP contribution in [0.4, 0.5) is 0 Å². The maximum atomic E-state index is 12.0. The van der Waals surface area contributed by atoms with Crippen molar-refractivity contribution in [3.8, 4) is 0 Å². The fourth-order valence-electron chi connectivity index (χ4n) is 2.97. The highest BCUT2D eigenvalue weighted by Crippen LogP contribution is 2.27. The number of rotatable bonds is 6. The third-order valence-electron chi connectivity index (χ3n) is 4.19. The van der Waals surface area contributed by atoms with Crippen LogP contribution in [-0.2, 0) is 9.53 Å². The predicted octanol–water partition coefficient (Wildman–Crippen LogP) is 2.13. The van der Waals surface area contributed by atoms with Gasteiger partial charge in [-0.3, -0.25) is 14.7 Å². The molecule has 0 radical (unpaired) electrons. The first-order valence-electron chi connectivity index (χ1n) is 9.42. The van der Waals surface area contributed by atoms with Crippen LogP contribution in [0, 0.1) is 6.92 Å². The summed E-state index contributed by atoms with van der Waals surface area (Å²) in [6, 6.07) is 4.63. The van der Waals surface area contributed by atoms with E-state index >= 15 is 0 Å². The smallest absolute Gasteiger partial charge is 0.239 e. The molecule has 28 heavy (non-hydrogen) atoms. The molecule has 0 bridgehead atoms. The number of aryl methyl sites for hydroxylation is 1. The van der Waals surface area contributed by atoms with E-state index in [4.69, 9.17) is 4.74 Å². The number of halogens is 1. The second-order valence-corrected chi connectivity index (χ2v) is 9.04. The molecule has 1 aliphatic rings. The Hall–Kier alpha value is -0.910. The summed E-state index contributed by atoms with van der Waals surface area (Å²) in [5.41, 5.74) is -0.242. The molecule has 0 saturated carbocycles. The van der Waals surface area contributed by atoms with E-state index in [1.54, 1.807) is 7.05 Å². The van der Waals surface area contributed by atoms with Gasteiger partial charge in [-0.05, 0) is 39.8 Å². The van der Waals surface area contributed by atoms with Gasteiger partial charge in [0.2, 0.25) is 5.91 Å². The first-order valence-corrected chi connectivity index (χ1v) is 10.2. The number of morpholine rings is 1. The molecule has 7 nitrogen and oxygen atoms in total. The molecule has 160 valence electrons. The van der Waals surface area contributed by atoms with Gasteiger partial charge in [0.05, 0.1) is 25.8 Å². The zero-order valence-electron chi connectivity index (χ0n) is 17.5. The molecule has 1 fully saturated rings. The van der Waals surface area contributed by atoms with Gasteiger partial charge in [-0.25, -0.2) is 0 Å². The Labute approximate surface area is 189 Å². The number of ether oxygens (including phenoxy) is 1. The number of hydrogen-bond acceptors (Lipinski definition) is 5. The van der Waals surface area contributed by atoms with E-state index in [1.165, 1.54) is 9.75 Å². The zero-order valence-corrected chi connectivity index (χ0v) is 20.6. The second-order valence-electron chi connectivity index (χ2n) is 7.72. The number of guanidine groups is 1. The second kappa shape index (κ2) is 11.9. The van der Waals surface area contributed by atoms with E-state index in [9.17, 15) is 4.79 Å². The van der Waals surface area contributed by atoms with Gasteiger partial charge in [0.25, 0.3) is 0 Å². The molecule has 1 atom stereocenters. The fraction of sp³-hybridized carbons (Fsp3) is 0.684. The summed E-state index contributed by atoms with van der Waals surface area (Å²) < 4.78 is 5.50. The molecule has 0 spiro atoms. The number of hydrogen-bond donors (Lipinski definition) is 3. The van der Waals surface area contributed by atoms with E-state index in [1.807, 2.05) is 32.1 Å². The molecule has 0 aromatic carbocycles. The Morgan fingerprint density at radius 3 is 2.50 bits per heavy atom. The average molecular weight is 523 g/mol. The topological polar surface area (TPSA) is 78.0 Å². The van der Waals surface area contributed by atoms with E-state index in [0.29, 0.717) is 5.96 Å². The Balaban J connectivity index is 0.00000392. The minimum absolute atomic E-state index is 0. The van der Waals surface area contributed by atoms with Crippen molar-refractivity contribution in [1.29, 1.82) is 0 Å². The number of aliphatic imine (C=N–C) groups is 1. The summed E-state index contributed by atoms with van der Waals surface area (Å²) >= 11 is 1.83. The highest BCUT2D eigenvalue weighted by Gasteiger charge is 2.24. The lowest BCUT2D eigenvalue weighted by molar-refractivity contribution is -0.121. The Bertz CT molecular complexity index is 639. The van der Waals surface area contributed by atoms with Crippen LogP contribution < -0.4 is 16.0 Å². The minimum Gasteiger partial charge on any atom is -0.379 e. The van der Waals surface area contributed by atoms with Crippen LogP contribution in [0.25, 0.3) is 0 Å². The van der Waals surface area contributed by atoms with Gasteiger partial charge >= 0.3 is 0 Å². The highest BCUT2D eigenvalue weighted by molar-refractivity contribution is 14.0. The van der Waals surface area contributed by atoms with Crippen LogP contribution in [-0.4, -0.2) is 68.7 Å². The summed E-state index contributed by atoms with van der Waals surface area (Å²) in [4.78, 5) is 21.4. The summed E-state index contributed by atoms with van der Waals surface area (Å²) in [7, 11) is 1.72. The summed E-state index contributed by atoms with van der Waals surface area (Å²) in [6.45, 7) is 12.3. The molecule has 1 aromatic rings. The Kier molecular flexibility index (Phi) is 10.7.